The van der Waals surface area contributed by atoms with E-state index >= 15 is 0 Å². The van der Waals surface area contributed by atoms with Crippen molar-refractivity contribution in [2.45, 2.75) is 13.8 Å². The minimum atomic E-state index is -0.639. The SMILES string of the molecule is Cc1cccc(C(=O)Nc2cccc([N+](=O)[O-])c2C)c1F. The topological polar surface area (TPSA) is 72.2 Å². The van der Waals surface area contributed by atoms with Gasteiger partial charge in [0.25, 0.3) is 11.6 Å². The van der Waals surface area contributed by atoms with Gasteiger partial charge in [0.2, 0.25) is 0 Å². The molecule has 1 amide bonds. The van der Waals surface area contributed by atoms with Crippen LogP contribution in [0.2, 0.25) is 0 Å². The van der Waals surface area contributed by atoms with Crippen LogP contribution in [0.3, 0.4) is 0 Å². The minimum absolute atomic E-state index is 0.0964. The number of hydrogen-bond donors (Lipinski definition) is 1. The van der Waals surface area contributed by atoms with Gasteiger partial charge >= 0.3 is 0 Å². The van der Waals surface area contributed by atoms with Crippen LogP contribution in [0.4, 0.5) is 15.8 Å². The first kappa shape index (κ1) is 14.6. The molecule has 2 aromatic rings. The number of anilines is 1. The highest BCUT2D eigenvalue weighted by molar-refractivity contribution is 6.05. The van der Waals surface area contributed by atoms with E-state index in [-0.39, 0.29) is 16.9 Å². The van der Waals surface area contributed by atoms with Crippen LogP contribution in [0.25, 0.3) is 0 Å². The van der Waals surface area contributed by atoms with Gasteiger partial charge in [-0.3, -0.25) is 14.9 Å². The summed E-state index contributed by atoms with van der Waals surface area (Å²) in [6.07, 6.45) is 0. The van der Waals surface area contributed by atoms with Gasteiger partial charge in [-0.05, 0) is 31.5 Å². The van der Waals surface area contributed by atoms with Crippen LogP contribution in [0, 0.1) is 29.8 Å². The normalized spacial score (nSPS) is 10.2. The molecule has 2 aromatic carbocycles. The quantitative estimate of drug-likeness (QED) is 0.692. The third kappa shape index (κ3) is 2.89. The zero-order valence-corrected chi connectivity index (χ0v) is 11.5. The van der Waals surface area contributed by atoms with Crippen LogP contribution in [-0.4, -0.2) is 10.8 Å². The minimum Gasteiger partial charge on any atom is -0.321 e. The summed E-state index contributed by atoms with van der Waals surface area (Å²) in [5.74, 6) is -1.24. The molecule has 0 atom stereocenters. The number of halogens is 1. The number of benzene rings is 2. The Balaban J connectivity index is 2.34. The molecule has 0 saturated carbocycles. The molecule has 0 heterocycles. The van der Waals surface area contributed by atoms with Gasteiger partial charge < -0.3 is 5.32 Å². The lowest BCUT2D eigenvalue weighted by Gasteiger charge is -2.10. The van der Waals surface area contributed by atoms with E-state index in [1.54, 1.807) is 19.1 Å². The van der Waals surface area contributed by atoms with Crippen LogP contribution in [0.1, 0.15) is 21.5 Å². The summed E-state index contributed by atoms with van der Waals surface area (Å²) in [7, 11) is 0. The second-order valence-electron chi connectivity index (χ2n) is 4.60. The van der Waals surface area contributed by atoms with Gasteiger partial charge in [-0.1, -0.05) is 18.2 Å². The Morgan fingerprint density at radius 1 is 1.19 bits per heavy atom. The zero-order chi connectivity index (χ0) is 15.6. The molecule has 0 unspecified atom stereocenters. The second-order valence-corrected chi connectivity index (χ2v) is 4.60. The predicted molar refractivity (Wildman–Crippen MR) is 76.9 cm³/mol. The van der Waals surface area contributed by atoms with Crippen LogP contribution in [-0.2, 0) is 0 Å². The molecule has 0 bridgehead atoms. The summed E-state index contributed by atoms with van der Waals surface area (Å²) < 4.78 is 13.9. The number of amides is 1. The van der Waals surface area contributed by atoms with Crippen LogP contribution in [0.15, 0.2) is 36.4 Å². The third-order valence-electron chi connectivity index (χ3n) is 3.19. The number of nitro groups is 1. The molecule has 0 fully saturated rings. The van der Waals surface area contributed by atoms with Crippen molar-refractivity contribution in [3.63, 3.8) is 0 Å². The van der Waals surface area contributed by atoms with Gasteiger partial charge in [0, 0.05) is 6.07 Å². The first-order valence-electron chi connectivity index (χ1n) is 6.22. The molecule has 0 spiro atoms. The number of nitro benzene ring substituents is 1. The van der Waals surface area contributed by atoms with E-state index in [1.807, 2.05) is 0 Å². The zero-order valence-electron chi connectivity index (χ0n) is 11.5. The van der Waals surface area contributed by atoms with Gasteiger partial charge in [-0.2, -0.15) is 0 Å². The molecule has 1 N–H and O–H groups in total. The smallest absolute Gasteiger partial charge is 0.274 e. The van der Waals surface area contributed by atoms with Crippen molar-refractivity contribution in [1.29, 1.82) is 0 Å². The fraction of sp³-hybridized carbons (Fsp3) is 0.133. The summed E-state index contributed by atoms with van der Waals surface area (Å²) in [5.41, 5.74) is 0.774. The summed E-state index contributed by atoms with van der Waals surface area (Å²) in [5, 5.41) is 13.4. The molecule has 0 saturated heterocycles. The van der Waals surface area contributed by atoms with Crippen LogP contribution < -0.4 is 5.32 Å². The van der Waals surface area contributed by atoms with Crippen molar-refractivity contribution < 1.29 is 14.1 Å². The molecule has 0 aromatic heterocycles. The average molecular weight is 288 g/mol. The fourth-order valence-corrected chi connectivity index (χ4v) is 1.97. The summed E-state index contributed by atoms with van der Waals surface area (Å²) >= 11 is 0. The van der Waals surface area contributed by atoms with Crippen molar-refractivity contribution in [2.75, 3.05) is 5.32 Å². The standard InChI is InChI=1S/C15H13FN2O3/c1-9-5-3-6-11(14(9)16)15(19)17-12-7-4-8-13(10(12)2)18(20)21/h3-8H,1-2H3,(H,17,19). The number of carbonyl (C=O) groups excluding carboxylic acids is 1. The molecular weight excluding hydrogens is 275 g/mol. The Morgan fingerprint density at radius 2 is 1.86 bits per heavy atom. The lowest BCUT2D eigenvalue weighted by Crippen LogP contribution is -2.15. The van der Waals surface area contributed by atoms with E-state index < -0.39 is 16.6 Å². The first-order valence-corrected chi connectivity index (χ1v) is 6.22. The maximum atomic E-state index is 13.9. The molecule has 21 heavy (non-hydrogen) atoms. The Labute approximate surface area is 120 Å². The molecule has 2 rings (SSSR count). The fourth-order valence-electron chi connectivity index (χ4n) is 1.97. The molecule has 0 radical (unpaired) electrons. The van der Waals surface area contributed by atoms with E-state index in [0.717, 1.165) is 0 Å². The average Bonchev–Trinajstić information content (AvgIpc) is 2.43. The van der Waals surface area contributed by atoms with E-state index in [9.17, 15) is 19.3 Å². The molecule has 0 aliphatic rings. The summed E-state index contributed by atoms with van der Waals surface area (Å²) in [6, 6.07) is 8.85. The molecule has 6 heteroatoms. The molecule has 5 nitrogen and oxygen atoms in total. The van der Waals surface area contributed by atoms with E-state index in [1.165, 1.54) is 31.2 Å². The number of nitrogens with one attached hydrogen (secondary N) is 1. The lowest BCUT2D eigenvalue weighted by atomic mass is 10.1. The Bertz CT molecular complexity index is 729. The van der Waals surface area contributed by atoms with Gasteiger partial charge in [0.1, 0.15) is 5.82 Å². The van der Waals surface area contributed by atoms with Crippen molar-refractivity contribution >= 4 is 17.3 Å². The van der Waals surface area contributed by atoms with Crippen LogP contribution >= 0.6 is 0 Å². The highest BCUT2D eigenvalue weighted by Gasteiger charge is 2.17. The lowest BCUT2D eigenvalue weighted by molar-refractivity contribution is -0.385. The number of aryl methyl sites for hydroxylation is 1. The molecular formula is C15H13FN2O3. The highest BCUT2D eigenvalue weighted by atomic mass is 19.1. The second kappa shape index (κ2) is 5.70. The van der Waals surface area contributed by atoms with Gasteiger partial charge in [-0.15, -0.1) is 0 Å². The molecule has 0 aliphatic carbocycles. The predicted octanol–water partition coefficient (Wildman–Crippen LogP) is 3.60. The maximum Gasteiger partial charge on any atom is 0.274 e. The number of carbonyl (C=O) groups is 1. The van der Waals surface area contributed by atoms with E-state index in [2.05, 4.69) is 5.32 Å². The summed E-state index contributed by atoms with van der Waals surface area (Å²) in [6.45, 7) is 3.09. The molecule has 0 aliphatic heterocycles. The Morgan fingerprint density at radius 3 is 2.52 bits per heavy atom. The first-order chi connectivity index (χ1) is 9.91. The third-order valence-corrected chi connectivity index (χ3v) is 3.19. The van der Waals surface area contributed by atoms with Gasteiger partial charge in [-0.25, -0.2) is 4.39 Å². The van der Waals surface area contributed by atoms with Crippen molar-refractivity contribution in [2.24, 2.45) is 0 Å². The van der Waals surface area contributed by atoms with Gasteiger partial charge in [0.05, 0.1) is 21.7 Å². The highest BCUT2D eigenvalue weighted by Crippen LogP contribution is 2.25. The molecule has 108 valence electrons. The van der Waals surface area contributed by atoms with Gasteiger partial charge in [0.15, 0.2) is 0 Å². The van der Waals surface area contributed by atoms with E-state index in [0.29, 0.717) is 11.1 Å². The summed E-state index contributed by atoms with van der Waals surface area (Å²) in [4.78, 5) is 22.4. The number of nitrogens with zero attached hydrogens (tertiary/aromatic N) is 1. The van der Waals surface area contributed by atoms with Crippen molar-refractivity contribution in [3.8, 4) is 0 Å². The van der Waals surface area contributed by atoms with Crippen molar-refractivity contribution in [3.05, 3.63) is 69.0 Å². The number of hydrogen-bond acceptors (Lipinski definition) is 3. The Kier molecular flexibility index (Phi) is 3.98. The number of rotatable bonds is 3. The van der Waals surface area contributed by atoms with E-state index in [4.69, 9.17) is 0 Å². The maximum absolute atomic E-state index is 13.9. The largest absolute Gasteiger partial charge is 0.321 e. The van der Waals surface area contributed by atoms with Crippen molar-refractivity contribution in [1.82, 2.24) is 0 Å². The Hall–Kier alpha value is -2.76. The van der Waals surface area contributed by atoms with Crippen LogP contribution in [0.5, 0.6) is 0 Å². The monoisotopic (exact) mass is 288 g/mol.